The largest absolute Gasteiger partial charge is 0.310 e. The van der Waals surface area contributed by atoms with Gasteiger partial charge in [-0.25, -0.2) is 4.39 Å². The molecule has 1 nitrogen and oxygen atoms in total. The van der Waals surface area contributed by atoms with Gasteiger partial charge in [-0.05, 0) is 66.3 Å². The fourth-order valence-electron chi connectivity index (χ4n) is 2.33. The van der Waals surface area contributed by atoms with Crippen molar-refractivity contribution in [3.05, 3.63) is 58.4 Å². The van der Waals surface area contributed by atoms with E-state index in [-0.39, 0.29) is 5.82 Å². The summed E-state index contributed by atoms with van der Waals surface area (Å²) in [6.45, 7) is 2.61. The summed E-state index contributed by atoms with van der Waals surface area (Å²) in [5.41, 5.74) is 3.95. The van der Waals surface area contributed by atoms with Gasteiger partial charge in [0.15, 0.2) is 0 Å². The molecule has 1 aliphatic carbocycles. The minimum absolute atomic E-state index is 0.173. The van der Waals surface area contributed by atoms with Crippen molar-refractivity contribution >= 4 is 11.6 Å². The molecule has 0 aromatic heterocycles. The van der Waals surface area contributed by atoms with E-state index in [2.05, 4.69) is 5.32 Å². The fourth-order valence-corrected chi connectivity index (χ4v) is 2.50. The van der Waals surface area contributed by atoms with E-state index in [4.69, 9.17) is 11.6 Å². The third-order valence-corrected chi connectivity index (χ3v) is 3.93. The summed E-state index contributed by atoms with van der Waals surface area (Å²) in [6, 6.07) is 11.8. The monoisotopic (exact) mass is 289 g/mol. The second-order valence-electron chi connectivity index (χ2n) is 5.42. The van der Waals surface area contributed by atoms with E-state index in [1.165, 1.54) is 24.5 Å². The molecule has 3 heteroatoms. The summed E-state index contributed by atoms with van der Waals surface area (Å²) in [4.78, 5) is 0. The second kappa shape index (κ2) is 5.55. The molecule has 2 aromatic carbocycles. The van der Waals surface area contributed by atoms with Crippen molar-refractivity contribution in [2.45, 2.75) is 32.4 Å². The van der Waals surface area contributed by atoms with Gasteiger partial charge in [0.05, 0.1) is 0 Å². The Balaban J connectivity index is 1.96. The molecule has 2 aromatic rings. The lowest BCUT2D eigenvalue weighted by molar-refractivity contribution is 0.619. The Morgan fingerprint density at radius 3 is 2.70 bits per heavy atom. The molecule has 0 heterocycles. The number of benzene rings is 2. The topological polar surface area (TPSA) is 12.0 Å². The average molecular weight is 290 g/mol. The van der Waals surface area contributed by atoms with Crippen molar-refractivity contribution in [2.24, 2.45) is 0 Å². The number of rotatable bonds is 4. The third kappa shape index (κ3) is 3.02. The van der Waals surface area contributed by atoms with Crippen LogP contribution in [0.25, 0.3) is 11.1 Å². The Hall–Kier alpha value is -1.38. The summed E-state index contributed by atoms with van der Waals surface area (Å²) in [5.74, 6) is -0.173. The Labute approximate surface area is 123 Å². The SMILES string of the molecule is Cc1cc(-c2cc(Cl)ccc2CNC2CC2)ccc1F. The Kier molecular flexibility index (Phi) is 3.77. The third-order valence-electron chi connectivity index (χ3n) is 3.70. The molecule has 1 saturated carbocycles. The van der Waals surface area contributed by atoms with E-state index in [1.54, 1.807) is 6.92 Å². The van der Waals surface area contributed by atoms with Gasteiger partial charge < -0.3 is 5.32 Å². The highest BCUT2D eigenvalue weighted by atomic mass is 35.5. The first-order chi connectivity index (χ1) is 9.63. The number of hydrogen-bond acceptors (Lipinski definition) is 1. The highest BCUT2D eigenvalue weighted by molar-refractivity contribution is 6.30. The normalized spacial score (nSPS) is 14.6. The van der Waals surface area contributed by atoms with Crippen molar-refractivity contribution in [3.63, 3.8) is 0 Å². The first-order valence-electron chi connectivity index (χ1n) is 6.92. The van der Waals surface area contributed by atoms with Gasteiger partial charge in [-0.3, -0.25) is 0 Å². The number of halogens is 2. The lowest BCUT2D eigenvalue weighted by Gasteiger charge is -2.12. The Bertz CT molecular complexity index is 635. The van der Waals surface area contributed by atoms with Crippen molar-refractivity contribution in [1.29, 1.82) is 0 Å². The van der Waals surface area contributed by atoms with Crippen LogP contribution in [0.5, 0.6) is 0 Å². The molecule has 0 bridgehead atoms. The molecule has 0 aliphatic heterocycles. The van der Waals surface area contributed by atoms with Crippen LogP contribution in [0.15, 0.2) is 36.4 Å². The van der Waals surface area contributed by atoms with Crippen molar-refractivity contribution < 1.29 is 4.39 Å². The van der Waals surface area contributed by atoms with E-state index < -0.39 is 0 Å². The van der Waals surface area contributed by atoms with Crippen molar-refractivity contribution in [3.8, 4) is 11.1 Å². The molecule has 20 heavy (non-hydrogen) atoms. The molecule has 1 fully saturated rings. The minimum atomic E-state index is -0.173. The predicted octanol–water partition coefficient (Wildman–Crippen LogP) is 4.71. The summed E-state index contributed by atoms with van der Waals surface area (Å²) in [7, 11) is 0. The van der Waals surface area contributed by atoms with E-state index >= 15 is 0 Å². The molecule has 1 N–H and O–H groups in total. The predicted molar refractivity (Wildman–Crippen MR) is 81.4 cm³/mol. The molecule has 0 saturated heterocycles. The Morgan fingerprint density at radius 1 is 1.20 bits per heavy atom. The zero-order valence-corrected chi connectivity index (χ0v) is 12.2. The summed E-state index contributed by atoms with van der Waals surface area (Å²) in [6.07, 6.45) is 2.52. The van der Waals surface area contributed by atoms with Crippen LogP contribution in [-0.4, -0.2) is 6.04 Å². The van der Waals surface area contributed by atoms with Crippen LogP contribution >= 0.6 is 11.6 Å². The molecule has 0 unspecified atom stereocenters. The maximum Gasteiger partial charge on any atom is 0.126 e. The van der Waals surface area contributed by atoms with Gasteiger partial charge >= 0.3 is 0 Å². The van der Waals surface area contributed by atoms with Gasteiger partial charge in [-0.15, -0.1) is 0 Å². The van der Waals surface area contributed by atoms with Crippen LogP contribution in [0, 0.1) is 12.7 Å². The zero-order valence-electron chi connectivity index (χ0n) is 11.4. The van der Waals surface area contributed by atoms with Gasteiger partial charge in [-0.1, -0.05) is 23.7 Å². The van der Waals surface area contributed by atoms with E-state index in [1.807, 2.05) is 30.3 Å². The van der Waals surface area contributed by atoms with Gasteiger partial charge in [0, 0.05) is 17.6 Å². The van der Waals surface area contributed by atoms with Crippen LogP contribution in [0.1, 0.15) is 24.0 Å². The molecular formula is C17H17ClFN. The van der Waals surface area contributed by atoms with E-state index in [9.17, 15) is 4.39 Å². The molecule has 0 atom stereocenters. The Morgan fingerprint density at radius 2 is 2.00 bits per heavy atom. The standard InChI is InChI=1S/C17H17ClFN/c1-11-8-12(3-7-17(11)19)16-9-14(18)4-2-13(16)10-20-15-5-6-15/h2-4,7-9,15,20H,5-6,10H2,1H3. The summed E-state index contributed by atoms with van der Waals surface area (Å²) >= 11 is 6.12. The highest BCUT2D eigenvalue weighted by Crippen LogP contribution is 2.29. The van der Waals surface area contributed by atoms with Gasteiger partial charge in [0.2, 0.25) is 0 Å². The van der Waals surface area contributed by atoms with Gasteiger partial charge in [0.25, 0.3) is 0 Å². The molecule has 1 aliphatic rings. The maximum absolute atomic E-state index is 13.4. The van der Waals surface area contributed by atoms with Crippen LogP contribution in [0.4, 0.5) is 4.39 Å². The van der Waals surface area contributed by atoms with Crippen molar-refractivity contribution in [1.82, 2.24) is 5.32 Å². The lowest BCUT2D eigenvalue weighted by Crippen LogP contribution is -2.15. The van der Waals surface area contributed by atoms with Crippen molar-refractivity contribution in [2.75, 3.05) is 0 Å². The summed E-state index contributed by atoms with van der Waals surface area (Å²) in [5, 5.41) is 4.22. The number of hydrogen-bond donors (Lipinski definition) is 1. The van der Waals surface area contributed by atoms with Crippen LogP contribution in [0.2, 0.25) is 5.02 Å². The van der Waals surface area contributed by atoms with E-state index in [0.29, 0.717) is 16.6 Å². The first kappa shape index (κ1) is 13.6. The van der Waals surface area contributed by atoms with Crippen LogP contribution in [0.3, 0.4) is 0 Å². The molecule has 104 valence electrons. The average Bonchev–Trinajstić information content (AvgIpc) is 3.24. The highest BCUT2D eigenvalue weighted by Gasteiger charge is 2.20. The fraction of sp³-hybridized carbons (Fsp3) is 0.294. The second-order valence-corrected chi connectivity index (χ2v) is 5.86. The molecule has 0 spiro atoms. The van der Waals surface area contributed by atoms with Crippen LogP contribution in [-0.2, 0) is 6.54 Å². The molecule has 0 radical (unpaired) electrons. The lowest BCUT2D eigenvalue weighted by atomic mass is 9.98. The van der Waals surface area contributed by atoms with Gasteiger partial charge in [-0.2, -0.15) is 0 Å². The zero-order chi connectivity index (χ0) is 14.1. The van der Waals surface area contributed by atoms with E-state index in [0.717, 1.165) is 17.7 Å². The molecule has 3 rings (SSSR count). The number of aryl methyl sites for hydroxylation is 1. The molecule has 0 amide bonds. The summed E-state index contributed by atoms with van der Waals surface area (Å²) < 4.78 is 13.4. The van der Waals surface area contributed by atoms with Gasteiger partial charge in [0.1, 0.15) is 5.82 Å². The maximum atomic E-state index is 13.4. The number of nitrogens with one attached hydrogen (secondary N) is 1. The minimum Gasteiger partial charge on any atom is -0.310 e. The smallest absolute Gasteiger partial charge is 0.126 e. The first-order valence-corrected chi connectivity index (χ1v) is 7.29. The quantitative estimate of drug-likeness (QED) is 0.860. The molecular weight excluding hydrogens is 273 g/mol. The van der Waals surface area contributed by atoms with Crippen LogP contribution < -0.4 is 5.32 Å².